The summed E-state index contributed by atoms with van der Waals surface area (Å²) in [6, 6.07) is 7.12. The number of aromatic nitrogens is 1. The normalized spacial score (nSPS) is 10.1. The van der Waals surface area contributed by atoms with Gasteiger partial charge in [-0.15, -0.1) is 0 Å². The summed E-state index contributed by atoms with van der Waals surface area (Å²) in [5, 5.41) is 0. The largest absolute Gasteiger partial charge is 0.459 e. The smallest absolute Gasteiger partial charge is 0.289 e. The van der Waals surface area contributed by atoms with Crippen LogP contribution in [0.2, 0.25) is 0 Å². The van der Waals surface area contributed by atoms with E-state index in [0.29, 0.717) is 12.3 Å². The molecule has 4 nitrogen and oxygen atoms in total. The van der Waals surface area contributed by atoms with Gasteiger partial charge >= 0.3 is 0 Å². The Kier molecular flexibility index (Phi) is 3.00. The number of nitrogens with zero attached hydrogens (tertiary/aromatic N) is 2. The molecule has 16 heavy (non-hydrogen) atoms. The molecule has 2 rings (SSSR count). The van der Waals surface area contributed by atoms with E-state index in [2.05, 4.69) is 4.98 Å². The van der Waals surface area contributed by atoms with E-state index in [1.807, 2.05) is 12.1 Å². The molecule has 0 bridgehead atoms. The molecule has 2 aromatic rings. The molecule has 0 atom stereocenters. The first-order valence-electron chi connectivity index (χ1n) is 4.95. The number of pyridine rings is 1. The van der Waals surface area contributed by atoms with Crippen molar-refractivity contribution in [2.45, 2.75) is 6.54 Å². The number of carbonyl (C=O) groups excluding carboxylic acids is 1. The molecule has 0 spiro atoms. The van der Waals surface area contributed by atoms with E-state index in [1.54, 1.807) is 36.5 Å². The molecule has 4 heteroatoms. The lowest BCUT2D eigenvalue weighted by Gasteiger charge is -2.15. The predicted octanol–water partition coefficient (Wildman–Crippen LogP) is 1.95. The van der Waals surface area contributed by atoms with Gasteiger partial charge in [-0.3, -0.25) is 9.78 Å². The van der Waals surface area contributed by atoms with Crippen LogP contribution in [0.15, 0.2) is 47.3 Å². The first-order valence-corrected chi connectivity index (χ1v) is 4.95. The Bertz CT molecular complexity index is 451. The highest BCUT2D eigenvalue weighted by molar-refractivity contribution is 5.91. The molecule has 82 valence electrons. The Balaban J connectivity index is 2.04. The van der Waals surface area contributed by atoms with E-state index in [-0.39, 0.29) is 5.91 Å². The molecule has 0 saturated heterocycles. The second kappa shape index (κ2) is 4.61. The molecule has 0 aliphatic rings. The van der Waals surface area contributed by atoms with Gasteiger partial charge in [-0.1, -0.05) is 0 Å². The minimum atomic E-state index is -0.123. The fourth-order valence-electron chi connectivity index (χ4n) is 1.42. The molecule has 0 N–H and O–H groups in total. The van der Waals surface area contributed by atoms with Gasteiger partial charge in [0.15, 0.2) is 5.76 Å². The van der Waals surface area contributed by atoms with Gasteiger partial charge in [0, 0.05) is 26.0 Å². The lowest BCUT2D eigenvalue weighted by Crippen LogP contribution is -2.25. The highest BCUT2D eigenvalue weighted by Crippen LogP contribution is 2.07. The third-order valence-corrected chi connectivity index (χ3v) is 2.25. The van der Waals surface area contributed by atoms with Crippen molar-refractivity contribution >= 4 is 5.91 Å². The molecule has 2 aromatic heterocycles. The maximum atomic E-state index is 11.8. The second-order valence-corrected chi connectivity index (χ2v) is 3.49. The van der Waals surface area contributed by atoms with Gasteiger partial charge in [0.05, 0.1) is 6.26 Å². The van der Waals surface area contributed by atoms with Crippen LogP contribution in [-0.2, 0) is 6.54 Å². The zero-order valence-electron chi connectivity index (χ0n) is 8.96. The molecule has 2 heterocycles. The first-order chi connectivity index (χ1) is 7.77. The molecular weight excluding hydrogens is 204 g/mol. The summed E-state index contributed by atoms with van der Waals surface area (Å²) in [4.78, 5) is 17.4. The Morgan fingerprint density at radius 3 is 2.75 bits per heavy atom. The zero-order chi connectivity index (χ0) is 11.4. The molecular formula is C12H12N2O2. The van der Waals surface area contributed by atoms with Crippen LogP contribution in [0.4, 0.5) is 0 Å². The van der Waals surface area contributed by atoms with Gasteiger partial charge in [-0.05, 0) is 29.8 Å². The number of rotatable bonds is 3. The summed E-state index contributed by atoms with van der Waals surface area (Å²) in [5.41, 5.74) is 1.04. The van der Waals surface area contributed by atoms with Crippen LogP contribution in [0.1, 0.15) is 16.1 Å². The van der Waals surface area contributed by atoms with Gasteiger partial charge in [0.1, 0.15) is 0 Å². The van der Waals surface area contributed by atoms with Crippen molar-refractivity contribution < 1.29 is 9.21 Å². The zero-order valence-corrected chi connectivity index (χ0v) is 8.96. The molecule has 0 saturated carbocycles. The van der Waals surface area contributed by atoms with Crippen LogP contribution in [-0.4, -0.2) is 22.8 Å². The molecule has 0 unspecified atom stereocenters. The summed E-state index contributed by atoms with van der Waals surface area (Å²) in [6.45, 7) is 0.544. The topological polar surface area (TPSA) is 46.3 Å². The first kappa shape index (κ1) is 10.4. The maximum Gasteiger partial charge on any atom is 0.289 e. The van der Waals surface area contributed by atoms with Crippen molar-refractivity contribution in [3.8, 4) is 0 Å². The second-order valence-electron chi connectivity index (χ2n) is 3.49. The highest BCUT2D eigenvalue weighted by atomic mass is 16.3. The molecule has 0 aliphatic carbocycles. The SMILES string of the molecule is CN(Cc1ccncc1)C(=O)c1ccco1. The molecule has 0 aliphatic heterocycles. The number of hydrogen-bond acceptors (Lipinski definition) is 3. The van der Waals surface area contributed by atoms with E-state index in [0.717, 1.165) is 5.56 Å². The minimum Gasteiger partial charge on any atom is -0.459 e. The highest BCUT2D eigenvalue weighted by Gasteiger charge is 2.13. The third kappa shape index (κ3) is 2.28. The van der Waals surface area contributed by atoms with Crippen molar-refractivity contribution in [3.63, 3.8) is 0 Å². The average Bonchev–Trinajstić information content (AvgIpc) is 2.83. The van der Waals surface area contributed by atoms with Crippen LogP contribution in [0, 0.1) is 0 Å². The summed E-state index contributed by atoms with van der Waals surface area (Å²) >= 11 is 0. The Hall–Kier alpha value is -2.10. The van der Waals surface area contributed by atoms with Gasteiger partial charge < -0.3 is 9.32 Å². The third-order valence-electron chi connectivity index (χ3n) is 2.25. The molecule has 1 amide bonds. The van der Waals surface area contributed by atoms with Crippen LogP contribution < -0.4 is 0 Å². The van der Waals surface area contributed by atoms with E-state index >= 15 is 0 Å². The fraction of sp³-hybridized carbons (Fsp3) is 0.167. The van der Waals surface area contributed by atoms with Crippen molar-refractivity contribution in [1.29, 1.82) is 0 Å². The maximum absolute atomic E-state index is 11.8. The Morgan fingerprint density at radius 1 is 1.38 bits per heavy atom. The van der Waals surface area contributed by atoms with Crippen molar-refractivity contribution in [1.82, 2.24) is 9.88 Å². The number of carbonyl (C=O) groups is 1. The van der Waals surface area contributed by atoms with Crippen LogP contribution in [0.5, 0.6) is 0 Å². The van der Waals surface area contributed by atoms with Crippen molar-refractivity contribution in [2.75, 3.05) is 7.05 Å². The van der Waals surface area contributed by atoms with Gasteiger partial charge in [-0.2, -0.15) is 0 Å². The van der Waals surface area contributed by atoms with Gasteiger partial charge in [0.25, 0.3) is 5.91 Å². The molecule has 0 fully saturated rings. The van der Waals surface area contributed by atoms with E-state index < -0.39 is 0 Å². The predicted molar refractivity (Wildman–Crippen MR) is 58.7 cm³/mol. The van der Waals surface area contributed by atoms with Crippen LogP contribution in [0.3, 0.4) is 0 Å². The minimum absolute atomic E-state index is 0.123. The number of amides is 1. The Labute approximate surface area is 93.5 Å². The van der Waals surface area contributed by atoms with E-state index in [9.17, 15) is 4.79 Å². The van der Waals surface area contributed by atoms with Crippen molar-refractivity contribution in [2.24, 2.45) is 0 Å². The molecule has 0 aromatic carbocycles. The number of hydrogen-bond donors (Lipinski definition) is 0. The van der Waals surface area contributed by atoms with E-state index in [4.69, 9.17) is 4.42 Å². The Morgan fingerprint density at radius 2 is 2.12 bits per heavy atom. The van der Waals surface area contributed by atoms with E-state index in [1.165, 1.54) is 6.26 Å². The lowest BCUT2D eigenvalue weighted by atomic mass is 10.2. The summed E-state index contributed by atoms with van der Waals surface area (Å²) < 4.78 is 5.05. The van der Waals surface area contributed by atoms with Gasteiger partial charge in [-0.25, -0.2) is 0 Å². The summed E-state index contributed by atoms with van der Waals surface area (Å²) in [6.07, 6.45) is 4.91. The molecule has 0 radical (unpaired) electrons. The van der Waals surface area contributed by atoms with Crippen molar-refractivity contribution in [3.05, 3.63) is 54.2 Å². The quantitative estimate of drug-likeness (QED) is 0.787. The monoisotopic (exact) mass is 216 g/mol. The van der Waals surface area contributed by atoms with Gasteiger partial charge in [0.2, 0.25) is 0 Å². The summed E-state index contributed by atoms with van der Waals surface area (Å²) in [7, 11) is 1.74. The summed E-state index contributed by atoms with van der Waals surface area (Å²) in [5.74, 6) is 0.235. The number of furan rings is 1. The standard InChI is InChI=1S/C12H12N2O2/c1-14(9-10-4-6-13-7-5-10)12(15)11-3-2-8-16-11/h2-8H,9H2,1H3. The van der Waals surface area contributed by atoms with Crippen LogP contribution in [0.25, 0.3) is 0 Å². The van der Waals surface area contributed by atoms with Crippen LogP contribution >= 0.6 is 0 Å². The lowest BCUT2D eigenvalue weighted by molar-refractivity contribution is 0.0753. The average molecular weight is 216 g/mol. The fourth-order valence-corrected chi connectivity index (χ4v) is 1.42.